The van der Waals surface area contributed by atoms with Gasteiger partial charge in [-0.3, -0.25) is 0 Å². The molecule has 0 nitrogen and oxygen atoms in total. The summed E-state index contributed by atoms with van der Waals surface area (Å²) in [6.45, 7) is 2.26. The molecule has 28 heavy (non-hydrogen) atoms. The zero-order valence-corrected chi connectivity index (χ0v) is 17.0. The van der Waals surface area contributed by atoms with Gasteiger partial charge in [0.2, 0.25) is 0 Å². The molecular formula is C27H31F. The van der Waals surface area contributed by atoms with Crippen LogP contribution in [0.25, 0.3) is 0 Å². The predicted molar refractivity (Wildman–Crippen MR) is 117 cm³/mol. The highest BCUT2D eigenvalue weighted by molar-refractivity contribution is 5.37. The average molecular weight is 375 g/mol. The number of rotatable bonds is 6. The number of benzene rings is 2. The molecule has 1 aliphatic rings. The average Bonchev–Trinajstić information content (AvgIpc) is 2.74. The van der Waals surface area contributed by atoms with Gasteiger partial charge in [0.25, 0.3) is 0 Å². The van der Waals surface area contributed by atoms with Crippen molar-refractivity contribution in [2.75, 3.05) is 0 Å². The minimum Gasteiger partial charge on any atom is -0.207 e. The molecule has 0 aliphatic heterocycles. The van der Waals surface area contributed by atoms with Gasteiger partial charge in [0.15, 0.2) is 0 Å². The topological polar surface area (TPSA) is 0 Å². The summed E-state index contributed by atoms with van der Waals surface area (Å²) >= 11 is 0. The number of halogens is 1. The van der Waals surface area contributed by atoms with Crippen molar-refractivity contribution in [2.24, 2.45) is 5.92 Å². The van der Waals surface area contributed by atoms with Gasteiger partial charge in [-0.2, -0.15) is 0 Å². The quantitative estimate of drug-likeness (QED) is 0.364. The van der Waals surface area contributed by atoms with E-state index < -0.39 is 0 Å². The van der Waals surface area contributed by atoms with Crippen LogP contribution in [0.1, 0.15) is 74.5 Å². The number of hydrogen-bond donors (Lipinski definition) is 0. The van der Waals surface area contributed by atoms with Crippen molar-refractivity contribution in [2.45, 2.75) is 64.2 Å². The third-order valence-corrected chi connectivity index (χ3v) is 5.80. The summed E-state index contributed by atoms with van der Waals surface area (Å²) in [6, 6.07) is 15.7. The maximum Gasteiger partial charge on any atom is 0.123 e. The van der Waals surface area contributed by atoms with Crippen LogP contribution in [0.4, 0.5) is 4.39 Å². The SMILES string of the molecule is CCCCCc1ccc([C@H]2CC[C@H](/C=C/C#Cc3ccc(F)cc3)CC2)cc1. The first kappa shape index (κ1) is 20.4. The fourth-order valence-electron chi connectivity index (χ4n) is 4.02. The van der Waals surface area contributed by atoms with Gasteiger partial charge in [-0.25, -0.2) is 4.39 Å². The maximum atomic E-state index is 12.9. The third-order valence-electron chi connectivity index (χ3n) is 5.80. The molecule has 146 valence electrons. The van der Waals surface area contributed by atoms with E-state index in [0.29, 0.717) is 11.8 Å². The molecule has 1 aliphatic carbocycles. The molecule has 1 saturated carbocycles. The summed E-state index contributed by atoms with van der Waals surface area (Å²) in [4.78, 5) is 0. The molecule has 0 radical (unpaired) electrons. The van der Waals surface area contributed by atoms with Crippen LogP contribution in [-0.2, 0) is 6.42 Å². The Morgan fingerprint density at radius 1 is 0.929 bits per heavy atom. The fourth-order valence-corrected chi connectivity index (χ4v) is 4.02. The van der Waals surface area contributed by atoms with E-state index in [2.05, 4.69) is 49.1 Å². The van der Waals surface area contributed by atoms with Gasteiger partial charge < -0.3 is 0 Å². The van der Waals surface area contributed by atoms with Gasteiger partial charge in [-0.05, 0) is 91.8 Å². The Bertz CT molecular complexity index is 794. The second-order valence-corrected chi connectivity index (χ2v) is 7.95. The van der Waals surface area contributed by atoms with Crippen molar-refractivity contribution < 1.29 is 4.39 Å². The van der Waals surface area contributed by atoms with Crippen LogP contribution in [0.2, 0.25) is 0 Å². The Kier molecular flexibility index (Phi) is 7.92. The van der Waals surface area contributed by atoms with E-state index in [0.717, 1.165) is 5.56 Å². The Labute approximate surface area is 169 Å². The molecule has 0 aromatic heterocycles. The van der Waals surface area contributed by atoms with Gasteiger partial charge in [0.05, 0.1) is 0 Å². The summed E-state index contributed by atoms with van der Waals surface area (Å²) in [5.41, 5.74) is 3.85. The van der Waals surface area contributed by atoms with Crippen molar-refractivity contribution in [1.29, 1.82) is 0 Å². The highest BCUT2D eigenvalue weighted by atomic mass is 19.1. The molecule has 0 spiro atoms. The molecule has 1 heteroatoms. The Morgan fingerprint density at radius 3 is 2.32 bits per heavy atom. The van der Waals surface area contributed by atoms with Crippen molar-refractivity contribution in [3.05, 3.63) is 83.2 Å². The molecule has 1 fully saturated rings. The molecule has 0 bridgehead atoms. The van der Waals surface area contributed by atoms with Gasteiger partial charge in [-0.1, -0.05) is 61.9 Å². The van der Waals surface area contributed by atoms with Crippen molar-refractivity contribution in [3.63, 3.8) is 0 Å². The molecular weight excluding hydrogens is 343 g/mol. The Hall–Kier alpha value is -2.33. The smallest absolute Gasteiger partial charge is 0.123 e. The molecule has 3 rings (SSSR count). The molecule has 2 aromatic rings. The zero-order valence-electron chi connectivity index (χ0n) is 17.0. The van der Waals surface area contributed by atoms with E-state index in [1.165, 1.54) is 74.6 Å². The lowest BCUT2D eigenvalue weighted by Crippen LogP contribution is -2.11. The maximum absolute atomic E-state index is 12.9. The van der Waals surface area contributed by atoms with Crippen LogP contribution in [0, 0.1) is 23.6 Å². The predicted octanol–water partition coefficient (Wildman–Crippen LogP) is 7.44. The summed E-state index contributed by atoms with van der Waals surface area (Å²) in [5.74, 6) is 7.27. The molecule has 2 aromatic carbocycles. The lowest BCUT2D eigenvalue weighted by Gasteiger charge is -2.27. The summed E-state index contributed by atoms with van der Waals surface area (Å²) < 4.78 is 12.9. The molecule has 0 unspecified atom stereocenters. The summed E-state index contributed by atoms with van der Waals surface area (Å²) in [7, 11) is 0. The normalized spacial score (nSPS) is 19.4. The van der Waals surface area contributed by atoms with E-state index in [-0.39, 0.29) is 5.82 Å². The molecule has 0 atom stereocenters. The number of allylic oxidation sites excluding steroid dienone is 2. The zero-order chi connectivity index (χ0) is 19.6. The van der Waals surface area contributed by atoms with E-state index in [4.69, 9.17) is 0 Å². The first-order chi connectivity index (χ1) is 13.7. The van der Waals surface area contributed by atoms with Crippen LogP contribution >= 0.6 is 0 Å². The van der Waals surface area contributed by atoms with Crippen molar-refractivity contribution in [3.8, 4) is 11.8 Å². The minimum atomic E-state index is -0.219. The van der Waals surface area contributed by atoms with Gasteiger partial charge in [0.1, 0.15) is 5.82 Å². The molecule has 0 amide bonds. The Morgan fingerprint density at radius 2 is 1.64 bits per heavy atom. The highest BCUT2D eigenvalue weighted by Gasteiger charge is 2.20. The second-order valence-electron chi connectivity index (χ2n) is 7.95. The largest absolute Gasteiger partial charge is 0.207 e. The third kappa shape index (κ3) is 6.38. The van der Waals surface area contributed by atoms with Crippen LogP contribution in [0.5, 0.6) is 0 Å². The molecule has 0 N–H and O–H groups in total. The summed E-state index contributed by atoms with van der Waals surface area (Å²) in [6.07, 6.45) is 14.3. The lowest BCUT2D eigenvalue weighted by atomic mass is 9.78. The molecule has 0 heterocycles. The number of aryl methyl sites for hydroxylation is 1. The van der Waals surface area contributed by atoms with Crippen molar-refractivity contribution in [1.82, 2.24) is 0 Å². The number of unbranched alkanes of at least 4 members (excludes halogenated alkanes) is 2. The number of hydrogen-bond acceptors (Lipinski definition) is 0. The van der Waals surface area contributed by atoms with Crippen LogP contribution < -0.4 is 0 Å². The standard InChI is InChI=1S/C27H31F/c1-2-3-4-7-22-10-16-25(17-11-22)26-18-12-23(13-19-26)8-5-6-9-24-14-20-27(28)21-15-24/h5,8,10-11,14-17,20-21,23,26H,2-4,7,12-13,18-19H2,1H3/b8-5+/t23-,26-. The van der Waals surface area contributed by atoms with Crippen LogP contribution in [0.3, 0.4) is 0 Å². The minimum absolute atomic E-state index is 0.219. The Balaban J connectivity index is 1.44. The first-order valence-electron chi connectivity index (χ1n) is 10.8. The van der Waals surface area contributed by atoms with Crippen LogP contribution in [-0.4, -0.2) is 0 Å². The molecule has 0 saturated heterocycles. The van der Waals surface area contributed by atoms with Crippen LogP contribution in [0.15, 0.2) is 60.7 Å². The van der Waals surface area contributed by atoms with E-state index in [9.17, 15) is 4.39 Å². The highest BCUT2D eigenvalue weighted by Crippen LogP contribution is 2.36. The monoisotopic (exact) mass is 374 g/mol. The first-order valence-corrected chi connectivity index (χ1v) is 10.8. The van der Waals surface area contributed by atoms with Gasteiger partial charge in [-0.15, -0.1) is 0 Å². The fraction of sp³-hybridized carbons (Fsp3) is 0.407. The van der Waals surface area contributed by atoms with E-state index >= 15 is 0 Å². The van der Waals surface area contributed by atoms with E-state index in [1.807, 2.05) is 6.08 Å². The summed E-state index contributed by atoms with van der Waals surface area (Å²) in [5, 5.41) is 0. The van der Waals surface area contributed by atoms with Gasteiger partial charge >= 0.3 is 0 Å². The van der Waals surface area contributed by atoms with Gasteiger partial charge in [0, 0.05) is 5.56 Å². The van der Waals surface area contributed by atoms with E-state index in [1.54, 1.807) is 12.1 Å². The second kappa shape index (κ2) is 10.9. The van der Waals surface area contributed by atoms with Crippen molar-refractivity contribution >= 4 is 0 Å². The lowest BCUT2D eigenvalue weighted by molar-refractivity contribution is 0.376.